The Morgan fingerprint density at radius 1 is 1.07 bits per heavy atom. The highest BCUT2D eigenvalue weighted by Crippen LogP contribution is 2.49. The lowest BCUT2D eigenvalue weighted by atomic mass is 9.95. The van der Waals surface area contributed by atoms with E-state index >= 15 is 0 Å². The van der Waals surface area contributed by atoms with Gasteiger partial charge in [-0.1, -0.05) is 44.6 Å². The molecule has 1 fully saturated rings. The summed E-state index contributed by atoms with van der Waals surface area (Å²) in [6.07, 6.45) is 14.9. The fourth-order valence-corrected chi connectivity index (χ4v) is 5.43. The van der Waals surface area contributed by atoms with E-state index in [4.69, 9.17) is 4.99 Å². The number of aromatic nitrogens is 3. The van der Waals surface area contributed by atoms with Gasteiger partial charge in [0.15, 0.2) is 0 Å². The molecule has 1 unspecified atom stereocenters. The van der Waals surface area contributed by atoms with Crippen molar-refractivity contribution in [2.75, 3.05) is 17.2 Å². The molecule has 0 radical (unpaired) electrons. The number of aliphatic imine (C=N–C) groups is 1. The van der Waals surface area contributed by atoms with Crippen molar-refractivity contribution in [3.05, 3.63) is 107 Å². The van der Waals surface area contributed by atoms with Crippen molar-refractivity contribution in [2.24, 2.45) is 16.3 Å². The molecule has 4 aliphatic rings. The molecule has 4 N–H and O–H groups in total. The minimum Gasteiger partial charge on any atom is -0.340 e. The number of pyridine rings is 3. The topological polar surface area (TPSA) is 116 Å². The molecule has 210 valence electrons. The van der Waals surface area contributed by atoms with Crippen molar-refractivity contribution in [1.29, 1.82) is 0 Å². The maximum absolute atomic E-state index is 12.7. The van der Waals surface area contributed by atoms with Gasteiger partial charge in [-0.3, -0.25) is 24.7 Å². The Morgan fingerprint density at radius 2 is 1.98 bits per heavy atom. The number of allylic oxidation sites excluding steroid dienone is 5. The van der Waals surface area contributed by atoms with Gasteiger partial charge in [0, 0.05) is 64.4 Å². The van der Waals surface area contributed by atoms with E-state index in [1.165, 1.54) is 5.57 Å². The van der Waals surface area contributed by atoms with E-state index in [0.29, 0.717) is 24.7 Å². The summed E-state index contributed by atoms with van der Waals surface area (Å²) in [6, 6.07) is 9.85. The van der Waals surface area contributed by atoms with E-state index < -0.39 is 5.41 Å². The molecule has 0 saturated heterocycles. The number of amides is 1. The molecule has 3 aromatic heterocycles. The summed E-state index contributed by atoms with van der Waals surface area (Å²) < 4.78 is 0. The molecule has 2 aliphatic carbocycles. The molecular formula is C33H32N8O. The maximum Gasteiger partial charge on any atom is 0.229 e. The Hall–Kier alpha value is -4.89. The SMILES string of the molecule is CC(C)(C)C(=O)Nc1cncc(C2=C3CC3C=C3NNCC=C(C4=NCc5c(ccnc5-c5ccccn5)N4)C3=C2)c1. The molecule has 1 atom stereocenters. The van der Waals surface area contributed by atoms with E-state index in [2.05, 4.69) is 54.7 Å². The van der Waals surface area contributed by atoms with Crippen molar-refractivity contribution in [3.63, 3.8) is 0 Å². The van der Waals surface area contributed by atoms with Crippen LogP contribution in [-0.2, 0) is 11.3 Å². The van der Waals surface area contributed by atoms with E-state index in [-0.39, 0.29) is 5.91 Å². The lowest BCUT2D eigenvalue weighted by molar-refractivity contribution is -0.123. The summed E-state index contributed by atoms with van der Waals surface area (Å²) >= 11 is 0. The molecule has 7 rings (SSSR count). The standard InChI is InChI=1S/C33H32N8O/c1-33(2,3)32(42)39-21-12-20(16-34-17-21)24-15-25-22(7-11-38-41-29(25)14-19-13-23(19)24)31-37-18-26-27(40-31)8-10-36-30(26)28-6-4-5-9-35-28/h4-10,12,14-17,19,38,41H,11,13,18H2,1-3H3,(H,37,40)(H,39,42). The molecule has 0 spiro atoms. The number of hydrogen-bond acceptors (Lipinski definition) is 8. The summed E-state index contributed by atoms with van der Waals surface area (Å²) in [7, 11) is 0. The number of amidine groups is 1. The van der Waals surface area contributed by atoms with Crippen LogP contribution in [0.25, 0.3) is 17.0 Å². The summed E-state index contributed by atoms with van der Waals surface area (Å²) in [4.78, 5) is 31.3. The summed E-state index contributed by atoms with van der Waals surface area (Å²) in [5, 5.41) is 6.62. The van der Waals surface area contributed by atoms with Crippen molar-refractivity contribution in [1.82, 2.24) is 25.8 Å². The normalized spacial score (nSPS) is 19.2. The molecule has 0 aromatic carbocycles. The van der Waals surface area contributed by atoms with Gasteiger partial charge in [-0.2, -0.15) is 0 Å². The molecule has 1 amide bonds. The number of hydrogen-bond donors (Lipinski definition) is 4. The fourth-order valence-electron chi connectivity index (χ4n) is 5.43. The highest BCUT2D eigenvalue weighted by molar-refractivity contribution is 6.13. The minimum absolute atomic E-state index is 0.0427. The predicted octanol–water partition coefficient (Wildman–Crippen LogP) is 5.18. The molecule has 42 heavy (non-hydrogen) atoms. The zero-order valence-corrected chi connectivity index (χ0v) is 23.8. The highest BCUT2D eigenvalue weighted by Gasteiger charge is 2.36. The zero-order chi connectivity index (χ0) is 28.8. The predicted molar refractivity (Wildman–Crippen MR) is 165 cm³/mol. The number of carbonyl (C=O) groups is 1. The van der Waals surface area contributed by atoms with E-state index in [0.717, 1.165) is 62.9 Å². The molecule has 1 saturated carbocycles. The van der Waals surface area contributed by atoms with Gasteiger partial charge in [-0.25, -0.2) is 5.43 Å². The smallest absolute Gasteiger partial charge is 0.229 e. The van der Waals surface area contributed by atoms with E-state index in [1.807, 2.05) is 63.5 Å². The maximum atomic E-state index is 12.7. The van der Waals surface area contributed by atoms with Crippen LogP contribution in [0.5, 0.6) is 0 Å². The molecule has 9 heteroatoms. The zero-order valence-electron chi connectivity index (χ0n) is 23.8. The van der Waals surface area contributed by atoms with Crippen LogP contribution in [0.15, 0.2) is 101 Å². The number of nitrogens with zero attached hydrogens (tertiary/aromatic N) is 4. The number of nitrogens with one attached hydrogen (secondary N) is 4. The van der Waals surface area contributed by atoms with Gasteiger partial charge in [0.25, 0.3) is 0 Å². The average molecular weight is 557 g/mol. The lowest BCUT2D eigenvalue weighted by Crippen LogP contribution is -2.30. The fraction of sp³-hybridized carbons (Fsp3) is 0.242. The highest BCUT2D eigenvalue weighted by atomic mass is 16.2. The Kier molecular flexibility index (Phi) is 6.31. The van der Waals surface area contributed by atoms with Crippen LogP contribution >= 0.6 is 0 Å². The van der Waals surface area contributed by atoms with Crippen LogP contribution < -0.4 is 21.5 Å². The Balaban J connectivity index is 1.24. The first-order valence-electron chi connectivity index (χ1n) is 14.2. The van der Waals surface area contributed by atoms with Crippen LogP contribution in [0.1, 0.15) is 38.3 Å². The molecule has 2 aliphatic heterocycles. The average Bonchev–Trinajstić information content (AvgIpc) is 3.79. The second-order valence-electron chi connectivity index (χ2n) is 11.9. The van der Waals surface area contributed by atoms with Crippen LogP contribution in [0, 0.1) is 11.3 Å². The summed E-state index contributed by atoms with van der Waals surface area (Å²) in [5.74, 6) is 1.12. The van der Waals surface area contributed by atoms with Crippen molar-refractivity contribution >= 4 is 28.7 Å². The number of fused-ring (bicyclic) bond motifs is 3. The first-order chi connectivity index (χ1) is 20.3. The number of carbonyl (C=O) groups excluding carboxylic acids is 1. The lowest BCUT2D eigenvalue weighted by Gasteiger charge is -2.23. The number of hydrazine groups is 1. The number of anilines is 2. The summed E-state index contributed by atoms with van der Waals surface area (Å²) in [6.45, 7) is 6.84. The summed E-state index contributed by atoms with van der Waals surface area (Å²) in [5.41, 5.74) is 17.2. The second-order valence-corrected chi connectivity index (χ2v) is 11.9. The third-order valence-electron chi connectivity index (χ3n) is 7.80. The van der Waals surface area contributed by atoms with E-state index in [9.17, 15) is 4.79 Å². The van der Waals surface area contributed by atoms with Crippen LogP contribution in [-0.4, -0.2) is 33.2 Å². The monoisotopic (exact) mass is 556 g/mol. The van der Waals surface area contributed by atoms with Crippen molar-refractivity contribution in [3.8, 4) is 11.4 Å². The largest absolute Gasteiger partial charge is 0.340 e. The van der Waals surface area contributed by atoms with Gasteiger partial charge in [0.2, 0.25) is 5.91 Å². The first kappa shape index (κ1) is 26.0. The van der Waals surface area contributed by atoms with Crippen LogP contribution in [0.4, 0.5) is 11.4 Å². The van der Waals surface area contributed by atoms with Gasteiger partial charge < -0.3 is 16.1 Å². The van der Waals surface area contributed by atoms with Crippen LogP contribution in [0.2, 0.25) is 0 Å². The Morgan fingerprint density at radius 3 is 2.81 bits per heavy atom. The minimum atomic E-state index is -0.498. The van der Waals surface area contributed by atoms with Crippen molar-refractivity contribution < 1.29 is 4.79 Å². The third kappa shape index (κ3) is 4.92. The molecule has 0 bridgehead atoms. The van der Waals surface area contributed by atoms with Crippen molar-refractivity contribution in [2.45, 2.75) is 33.7 Å². The quantitative estimate of drug-likeness (QED) is 0.350. The Bertz CT molecular complexity index is 1760. The molecule has 9 nitrogen and oxygen atoms in total. The molecule has 3 aromatic rings. The molecule has 5 heterocycles. The van der Waals surface area contributed by atoms with Crippen LogP contribution in [0.3, 0.4) is 0 Å². The van der Waals surface area contributed by atoms with Gasteiger partial charge in [0.1, 0.15) is 5.84 Å². The van der Waals surface area contributed by atoms with Gasteiger partial charge >= 0.3 is 0 Å². The second kappa shape index (κ2) is 10.2. The first-order valence-corrected chi connectivity index (χ1v) is 14.2. The molecular weight excluding hydrogens is 524 g/mol. The van der Waals surface area contributed by atoms with Gasteiger partial charge in [-0.15, -0.1) is 0 Å². The third-order valence-corrected chi connectivity index (χ3v) is 7.80. The Labute approximate surface area is 244 Å². The van der Waals surface area contributed by atoms with Gasteiger partial charge in [0.05, 0.1) is 35.5 Å². The van der Waals surface area contributed by atoms with Gasteiger partial charge in [-0.05, 0) is 42.3 Å². The van der Waals surface area contributed by atoms with E-state index in [1.54, 1.807) is 12.4 Å². The number of rotatable bonds is 4.